The highest BCUT2D eigenvalue weighted by Gasteiger charge is 2.04. The van der Waals surface area contributed by atoms with Crippen LogP contribution in [0.1, 0.15) is 12.0 Å². The summed E-state index contributed by atoms with van der Waals surface area (Å²) in [6, 6.07) is 1.95. The van der Waals surface area contributed by atoms with Gasteiger partial charge in [-0.25, -0.2) is 5.84 Å². The molecule has 4 nitrogen and oxygen atoms in total. The summed E-state index contributed by atoms with van der Waals surface area (Å²) in [5, 5.41) is 1.12. The van der Waals surface area contributed by atoms with Crippen LogP contribution in [0.5, 0.6) is 0 Å². The molecule has 0 unspecified atom stereocenters. The Morgan fingerprint density at radius 2 is 2.50 bits per heavy atom. The molecule has 3 N–H and O–H groups in total. The van der Waals surface area contributed by atoms with Crippen molar-refractivity contribution in [1.82, 2.24) is 9.99 Å². The van der Waals surface area contributed by atoms with Crippen molar-refractivity contribution in [2.24, 2.45) is 5.84 Å². The molecule has 1 rings (SSSR count). The average molecular weight is 167 g/mol. The third kappa shape index (κ3) is 2.39. The van der Waals surface area contributed by atoms with Gasteiger partial charge in [0.15, 0.2) is 0 Å². The molecular weight excluding hydrogens is 154 g/mol. The van der Waals surface area contributed by atoms with Gasteiger partial charge in [-0.2, -0.15) is 0 Å². The second-order valence-corrected chi connectivity index (χ2v) is 2.72. The van der Waals surface area contributed by atoms with E-state index in [0.717, 1.165) is 17.0 Å². The van der Waals surface area contributed by atoms with Crippen molar-refractivity contribution in [2.45, 2.75) is 12.8 Å². The Bertz CT molecular complexity index is 241. The fourth-order valence-corrected chi connectivity index (χ4v) is 0.942. The third-order valence-corrected chi connectivity index (χ3v) is 1.68. The van der Waals surface area contributed by atoms with E-state index in [-0.39, 0.29) is 5.91 Å². The number of nitrogens with zero attached hydrogens (tertiary/aromatic N) is 1. The summed E-state index contributed by atoms with van der Waals surface area (Å²) in [5.41, 5.74) is 1.13. The molecule has 4 heteroatoms. The first-order chi connectivity index (χ1) is 5.70. The zero-order valence-electron chi connectivity index (χ0n) is 7.08. The lowest BCUT2D eigenvalue weighted by atomic mass is 10.2. The van der Waals surface area contributed by atoms with Gasteiger partial charge in [0.05, 0.1) is 0 Å². The first-order valence-corrected chi connectivity index (χ1v) is 3.83. The predicted molar refractivity (Wildman–Crippen MR) is 46.1 cm³/mol. The number of carbonyl (C=O) groups excluding carboxylic acids is 1. The van der Waals surface area contributed by atoms with Crippen LogP contribution in [0.4, 0.5) is 0 Å². The number of rotatable bonds is 3. The molecule has 1 heterocycles. The molecule has 1 amide bonds. The maximum Gasteiger partial charge on any atom is 0.236 e. The van der Waals surface area contributed by atoms with Gasteiger partial charge in [0.25, 0.3) is 0 Å². The van der Waals surface area contributed by atoms with Gasteiger partial charge in [0, 0.05) is 25.9 Å². The lowest BCUT2D eigenvalue weighted by molar-refractivity contribution is -0.130. The molecule has 0 spiro atoms. The van der Waals surface area contributed by atoms with E-state index in [0.29, 0.717) is 6.42 Å². The maximum absolute atomic E-state index is 11.0. The standard InChI is InChI=1S/C8H13N3O/c1-11(9)8(12)3-2-7-4-5-10-6-7/h4-6,10H,2-3,9H2,1H3. The van der Waals surface area contributed by atoms with Crippen LogP contribution in [-0.2, 0) is 11.2 Å². The van der Waals surface area contributed by atoms with Crippen LogP contribution in [0, 0.1) is 0 Å². The van der Waals surface area contributed by atoms with Crippen LogP contribution in [0.3, 0.4) is 0 Å². The summed E-state index contributed by atoms with van der Waals surface area (Å²) >= 11 is 0. The maximum atomic E-state index is 11.0. The van der Waals surface area contributed by atoms with Crippen molar-refractivity contribution in [1.29, 1.82) is 0 Å². The minimum absolute atomic E-state index is 0.0452. The Morgan fingerprint density at radius 3 is 3.00 bits per heavy atom. The van der Waals surface area contributed by atoms with Gasteiger partial charge in [-0.1, -0.05) is 0 Å². The van der Waals surface area contributed by atoms with E-state index in [1.54, 1.807) is 7.05 Å². The van der Waals surface area contributed by atoms with Crippen LogP contribution < -0.4 is 5.84 Å². The number of nitrogens with one attached hydrogen (secondary N) is 1. The zero-order valence-corrected chi connectivity index (χ0v) is 7.08. The Labute approximate surface area is 71.3 Å². The smallest absolute Gasteiger partial charge is 0.236 e. The van der Waals surface area contributed by atoms with E-state index in [9.17, 15) is 4.79 Å². The van der Waals surface area contributed by atoms with Crippen LogP contribution in [-0.4, -0.2) is 22.9 Å². The number of hydrogen-bond acceptors (Lipinski definition) is 2. The molecule has 0 fully saturated rings. The van der Waals surface area contributed by atoms with E-state index in [1.807, 2.05) is 18.5 Å². The summed E-state index contributed by atoms with van der Waals surface area (Å²) < 4.78 is 0. The number of hydrazine groups is 1. The normalized spacial score (nSPS) is 9.83. The quantitative estimate of drug-likeness (QED) is 0.386. The summed E-state index contributed by atoms with van der Waals surface area (Å²) in [6.45, 7) is 0. The minimum Gasteiger partial charge on any atom is -0.367 e. The SMILES string of the molecule is CN(N)C(=O)CCc1cc[nH]c1. The highest BCUT2D eigenvalue weighted by Crippen LogP contribution is 2.01. The van der Waals surface area contributed by atoms with E-state index in [1.165, 1.54) is 0 Å². The van der Waals surface area contributed by atoms with Gasteiger partial charge in [0.2, 0.25) is 5.91 Å². The van der Waals surface area contributed by atoms with Crippen LogP contribution >= 0.6 is 0 Å². The van der Waals surface area contributed by atoms with Gasteiger partial charge in [-0.3, -0.25) is 9.80 Å². The number of H-pyrrole nitrogens is 1. The molecule has 12 heavy (non-hydrogen) atoms. The molecule has 66 valence electrons. The largest absolute Gasteiger partial charge is 0.367 e. The van der Waals surface area contributed by atoms with Gasteiger partial charge >= 0.3 is 0 Å². The van der Waals surface area contributed by atoms with Crippen molar-refractivity contribution in [3.63, 3.8) is 0 Å². The molecule has 0 aliphatic rings. The minimum atomic E-state index is -0.0452. The first kappa shape index (κ1) is 8.80. The molecule has 0 radical (unpaired) electrons. The Kier molecular flexibility index (Phi) is 2.88. The summed E-state index contributed by atoms with van der Waals surface area (Å²) in [7, 11) is 1.56. The molecule has 1 aromatic heterocycles. The molecule has 0 aromatic carbocycles. The molecule has 0 bridgehead atoms. The van der Waals surface area contributed by atoms with Gasteiger partial charge in [-0.15, -0.1) is 0 Å². The Balaban J connectivity index is 2.32. The molecule has 0 saturated carbocycles. The molecule has 1 aromatic rings. The number of hydrogen-bond donors (Lipinski definition) is 2. The van der Waals surface area contributed by atoms with Gasteiger partial charge < -0.3 is 4.98 Å². The van der Waals surface area contributed by atoms with Crippen LogP contribution in [0.2, 0.25) is 0 Å². The zero-order chi connectivity index (χ0) is 8.97. The lowest BCUT2D eigenvalue weighted by Crippen LogP contribution is -2.33. The third-order valence-electron chi connectivity index (χ3n) is 1.68. The summed E-state index contributed by atoms with van der Waals surface area (Å²) in [5.74, 6) is 5.21. The number of aromatic nitrogens is 1. The van der Waals surface area contributed by atoms with Crippen molar-refractivity contribution >= 4 is 5.91 Å². The summed E-state index contributed by atoms with van der Waals surface area (Å²) in [6.07, 6.45) is 4.92. The van der Waals surface area contributed by atoms with Crippen molar-refractivity contribution in [3.8, 4) is 0 Å². The van der Waals surface area contributed by atoms with Gasteiger partial charge in [-0.05, 0) is 18.1 Å². The molecule has 0 saturated heterocycles. The number of amides is 1. The topological polar surface area (TPSA) is 62.1 Å². The number of carbonyl (C=O) groups is 1. The van der Waals surface area contributed by atoms with E-state index >= 15 is 0 Å². The highest BCUT2D eigenvalue weighted by molar-refractivity contribution is 5.75. The highest BCUT2D eigenvalue weighted by atomic mass is 16.2. The van der Waals surface area contributed by atoms with Gasteiger partial charge in [0.1, 0.15) is 0 Å². The first-order valence-electron chi connectivity index (χ1n) is 3.83. The van der Waals surface area contributed by atoms with Crippen molar-refractivity contribution < 1.29 is 4.79 Å². The second kappa shape index (κ2) is 3.92. The second-order valence-electron chi connectivity index (χ2n) is 2.72. The summed E-state index contributed by atoms with van der Waals surface area (Å²) in [4.78, 5) is 14.0. The Morgan fingerprint density at radius 1 is 1.75 bits per heavy atom. The monoisotopic (exact) mass is 167 g/mol. The average Bonchev–Trinajstić information content (AvgIpc) is 2.51. The number of aryl methyl sites for hydroxylation is 1. The predicted octanol–water partition coefficient (Wildman–Crippen LogP) is 0.279. The number of nitrogens with two attached hydrogens (primary N) is 1. The molecular formula is C8H13N3O. The Hall–Kier alpha value is -1.29. The van der Waals surface area contributed by atoms with Crippen molar-refractivity contribution in [2.75, 3.05) is 7.05 Å². The van der Waals surface area contributed by atoms with Crippen molar-refractivity contribution in [3.05, 3.63) is 24.0 Å². The van der Waals surface area contributed by atoms with Crippen LogP contribution in [0.15, 0.2) is 18.5 Å². The van der Waals surface area contributed by atoms with Crippen LogP contribution in [0.25, 0.3) is 0 Å². The lowest BCUT2D eigenvalue weighted by Gasteiger charge is -2.08. The fourth-order valence-electron chi connectivity index (χ4n) is 0.942. The molecule has 0 aliphatic carbocycles. The van der Waals surface area contributed by atoms with E-state index in [2.05, 4.69) is 4.98 Å². The van der Waals surface area contributed by atoms with E-state index in [4.69, 9.17) is 5.84 Å². The number of aromatic amines is 1. The molecule has 0 aliphatic heterocycles. The molecule has 0 atom stereocenters. The van der Waals surface area contributed by atoms with E-state index < -0.39 is 0 Å². The fraction of sp³-hybridized carbons (Fsp3) is 0.375.